The number of nitrogens with zero attached hydrogens (tertiary/aromatic N) is 1. The van der Waals surface area contributed by atoms with Gasteiger partial charge in [0, 0.05) is 20.7 Å². The molecular weight excluding hydrogens is 182 g/mol. The van der Waals surface area contributed by atoms with Crippen molar-refractivity contribution in [3.05, 3.63) is 0 Å². The summed E-state index contributed by atoms with van der Waals surface area (Å²) >= 11 is 0. The largest absolute Gasteiger partial charge is 0.393 e. The molecule has 4 nitrogen and oxygen atoms in total. The lowest BCUT2D eigenvalue weighted by Crippen LogP contribution is -2.35. The smallest absolute Gasteiger partial charge is 0.227 e. The number of methoxy groups -OCH3 is 1. The molecule has 0 aliphatic heterocycles. The van der Waals surface area contributed by atoms with Crippen molar-refractivity contribution in [3.8, 4) is 0 Å². The molecule has 0 aromatic carbocycles. The summed E-state index contributed by atoms with van der Waals surface area (Å²) in [6.07, 6.45) is 0.255. The van der Waals surface area contributed by atoms with Crippen LogP contribution in [0.2, 0.25) is 0 Å². The first-order valence-corrected chi connectivity index (χ1v) is 4.91. The molecule has 0 aliphatic carbocycles. The fourth-order valence-corrected chi connectivity index (χ4v) is 1.19. The van der Waals surface area contributed by atoms with Crippen LogP contribution in [-0.2, 0) is 9.53 Å². The summed E-state index contributed by atoms with van der Waals surface area (Å²) in [4.78, 5) is 13.2. The van der Waals surface area contributed by atoms with Gasteiger partial charge < -0.3 is 14.7 Å². The Hall–Kier alpha value is -0.610. The number of aliphatic hydroxyl groups is 1. The third-order valence-electron chi connectivity index (χ3n) is 2.10. The predicted molar refractivity (Wildman–Crippen MR) is 55.0 cm³/mol. The number of carbonyl (C=O) groups excluding carboxylic acids is 1. The zero-order valence-electron chi connectivity index (χ0n) is 9.49. The topological polar surface area (TPSA) is 49.8 Å². The SMILES string of the molecule is COCC(C)C(=O)N(C)CCC(C)O. The molecule has 84 valence electrons. The molecule has 2 atom stereocenters. The first-order valence-electron chi connectivity index (χ1n) is 4.91. The molecule has 0 saturated heterocycles. The van der Waals surface area contributed by atoms with E-state index in [-0.39, 0.29) is 17.9 Å². The van der Waals surface area contributed by atoms with Gasteiger partial charge in [0.2, 0.25) is 5.91 Å². The number of hydrogen-bond acceptors (Lipinski definition) is 3. The summed E-state index contributed by atoms with van der Waals surface area (Å²) in [5, 5.41) is 9.06. The maximum absolute atomic E-state index is 11.6. The summed E-state index contributed by atoms with van der Waals surface area (Å²) < 4.78 is 4.90. The molecule has 0 bridgehead atoms. The van der Waals surface area contributed by atoms with Crippen LogP contribution >= 0.6 is 0 Å². The van der Waals surface area contributed by atoms with Crippen molar-refractivity contribution in [1.29, 1.82) is 0 Å². The summed E-state index contributed by atoms with van der Waals surface area (Å²) in [6.45, 7) is 4.59. The van der Waals surface area contributed by atoms with Crippen LogP contribution in [0.4, 0.5) is 0 Å². The van der Waals surface area contributed by atoms with Crippen molar-refractivity contribution in [1.82, 2.24) is 4.90 Å². The first kappa shape index (κ1) is 13.4. The predicted octanol–water partition coefficient (Wildman–Crippen LogP) is 0.498. The van der Waals surface area contributed by atoms with E-state index in [4.69, 9.17) is 9.84 Å². The van der Waals surface area contributed by atoms with E-state index in [9.17, 15) is 4.79 Å². The van der Waals surface area contributed by atoms with Gasteiger partial charge >= 0.3 is 0 Å². The van der Waals surface area contributed by atoms with Crippen LogP contribution in [0.5, 0.6) is 0 Å². The second kappa shape index (κ2) is 6.79. The molecule has 1 N–H and O–H groups in total. The van der Waals surface area contributed by atoms with Gasteiger partial charge in [0.1, 0.15) is 0 Å². The number of aliphatic hydroxyl groups excluding tert-OH is 1. The van der Waals surface area contributed by atoms with E-state index in [1.54, 1.807) is 26.0 Å². The highest BCUT2D eigenvalue weighted by atomic mass is 16.5. The molecule has 0 spiro atoms. The summed E-state index contributed by atoms with van der Waals surface area (Å²) in [5.74, 6) is -0.0495. The minimum atomic E-state index is -0.358. The van der Waals surface area contributed by atoms with E-state index in [1.807, 2.05) is 6.92 Å². The van der Waals surface area contributed by atoms with Gasteiger partial charge in [-0.3, -0.25) is 4.79 Å². The number of carbonyl (C=O) groups is 1. The van der Waals surface area contributed by atoms with Gasteiger partial charge in [-0.25, -0.2) is 0 Å². The molecule has 0 rings (SSSR count). The number of amides is 1. The van der Waals surface area contributed by atoms with Gasteiger partial charge in [-0.15, -0.1) is 0 Å². The zero-order chi connectivity index (χ0) is 11.1. The van der Waals surface area contributed by atoms with Crippen LogP contribution in [0, 0.1) is 5.92 Å². The summed E-state index contributed by atoms with van der Waals surface area (Å²) in [5.41, 5.74) is 0. The zero-order valence-corrected chi connectivity index (χ0v) is 9.49. The van der Waals surface area contributed by atoms with Gasteiger partial charge in [-0.1, -0.05) is 6.92 Å². The van der Waals surface area contributed by atoms with Crippen LogP contribution in [0.1, 0.15) is 20.3 Å². The van der Waals surface area contributed by atoms with Crippen molar-refractivity contribution in [2.45, 2.75) is 26.4 Å². The van der Waals surface area contributed by atoms with Crippen molar-refractivity contribution < 1.29 is 14.6 Å². The monoisotopic (exact) mass is 203 g/mol. The average Bonchev–Trinajstić information content (AvgIpc) is 2.13. The van der Waals surface area contributed by atoms with Crippen LogP contribution in [0.25, 0.3) is 0 Å². The van der Waals surface area contributed by atoms with E-state index >= 15 is 0 Å². The molecule has 0 radical (unpaired) electrons. The second-order valence-corrected chi connectivity index (χ2v) is 3.75. The minimum Gasteiger partial charge on any atom is -0.393 e. The molecule has 0 fully saturated rings. The van der Waals surface area contributed by atoms with Crippen molar-refractivity contribution >= 4 is 5.91 Å². The molecule has 1 amide bonds. The van der Waals surface area contributed by atoms with Gasteiger partial charge in [-0.05, 0) is 13.3 Å². The number of rotatable bonds is 6. The Morgan fingerprint density at radius 3 is 2.50 bits per heavy atom. The van der Waals surface area contributed by atoms with Crippen LogP contribution in [-0.4, -0.2) is 49.3 Å². The van der Waals surface area contributed by atoms with Crippen molar-refractivity contribution in [2.24, 2.45) is 5.92 Å². The molecule has 0 saturated carbocycles. The lowest BCUT2D eigenvalue weighted by atomic mass is 10.1. The highest BCUT2D eigenvalue weighted by molar-refractivity contribution is 5.78. The maximum atomic E-state index is 11.6. The summed E-state index contributed by atoms with van der Waals surface area (Å²) in [7, 11) is 3.33. The third-order valence-corrected chi connectivity index (χ3v) is 2.10. The Bertz CT molecular complexity index is 171. The van der Waals surface area contributed by atoms with Gasteiger partial charge in [0.05, 0.1) is 18.6 Å². The van der Waals surface area contributed by atoms with E-state index in [1.165, 1.54) is 0 Å². The van der Waals surface area contributed by atoms with Crippen LogP contribution in [0.3, 0.4) is 0 Å². The fourth-order valence-electron chi connectivity index (χ4n) is 1.19. The summed E-state index contributed by atoms with van der Waals surface area (Å²) in [6, 6.07) is 0. The lowest BCUT2D eigenvalue weighted by molar-refractivity contribution is -0.135. The molecular formula is C10H21NO3. The Kier molecular flexibility index (Phi) is 6.49. The standard InChI is InChI=1S/C10H21NO3/c1-8(7-14-4)10(13)11(3)6-5-9(2)12/h8-9,12H,5-7H2,1-4H3. The van der Waals surface area contributed by atoms with Gasteiger partial charge in [0.25, 0.3) is 0 Å². The first-order chi connectivity index (χ1) is 6.49. The molecule has 14 heavy (non-hydrogen) atoms. The number of hydrogen-bond donors (Lipinski definition) is 1. The Balaban J connectivity index is 3.86. The quantitative estimate of drug-likeness (QED) is 0.684. The van der Waals surface area contributed by atoms with Crippen molar-refractivity contribution in [3.63, 3.8) is 0 Å². The highest BCUT2D eigenvalue weighted by Crippen LogP contribution is 2.02. The Morgan fingerprint density at radius 2 is 2.07 bits per heavy atom. The minimum absolute atomic E-state index is 0.0625. The highest BCUT2D eigenvalue weighted by Gasteiger charge is 2.17. The van der Waals surface area contributed by atoms with Crippen molar-refractivity contribution in [2.75, 3.05) is 27.3 Å². The molecule has 0 aromatic heterocycles. The van der Waals surface area contributed by atoms with Gasteiger partial charge in [-0.2, -0.15) is 0 Å². The maximum Gasteiger partial charge on any atom is 0.227 e. The second-order valence-electron chi connectivity index (χ2n) is 3.75. The third kappa shape index (κ3) is 5.19. The van der Waals surface area contributed by atoms with Crippen LogP contribution in [0.15, 0.2) is 0 Å². The van der Waals surface area contributed by atoms with Gasteiger partial charge in [0.15, 0.2) is 0 Å². The van der Waals surface area contributed by atoms with E-state index in [0.717, 1.165) is 0 Å². The Labute approximate surface area is 85.9 Å². The van der Waals surface area contributed by atoms with E-state index in [2.05, 4.69) is 0 Å². The normalized spacial score (nSPS) is 14.9. The van der Waals surface area contributed by atoms with E-state index < -0.39 is 0 Å². The lowest BCUT2D eigenvalue weighted by Gasteiger charge is -2.21. The van der Waals surface area contributed by atoms with Crippen LogP contribution < -0.4 is 0 Å². The molecule has 0 aliphatic rings. The molecule has 2 unspecified atom stereocenters. The number of ether oxygens (including phenoxy) is 1. The molecule has 4 heteroatoms. The van der Waals surface area contributed by atoms with E-state index in [0.29, 0.717) is 19.6 Å². The molecule has 0 aromatic rings. The average molecular weight is 203 g/mol. The Morgan fingerprint density at radius 1 is 1.50 bits per heavy atom. The molecule has 0 heterocycles. The fraction of sp³-hybridized carbons (Fsp3) is 0.900.